The third-order valence-corrected chi connectivity index (χ3v) is 5.36. The van der Waals surface area contributed by atoms with Gasteiger partial charge in [-0.05, 0) is 62.2 Å². The number of hydrogen-bond donors (Lipinski definition) is 1. The van der Waals surface area contributed by atoms with Gasteiger partial charge in [0.05, 0.1) is 10.6 Å². The van der Waals surface area contributed by atoms with Gasteiger partial charge in [0.1, 0.15) is 11.6 Å². The molecule has 0 unspecified atom stereocenters. The number of rotatable bonds is 5. The maximum atomic E-state index is 12.7. The molecule has 9 heteroatoms. The van der Waals surface area contributed by atoms with Crippen molar-refractivity contribution in [3.63, 3.8) is 0 Å². The van der Waals surface area contributed by atoms with Gasteiger partial charge in [-0.1, -0.05) is 29.3 Å². The van der Waals surface area contributed by atoms with Gasteiger partial charge in [-0.2, -0.15) is 5.26 Å². The summed E-state index contributed by atoms with van der Waals surface area (Å²) in [5, 5.41) is 24.2. The van der Waals surface area contributed by atoms with Crippen molar-refractivity contribution in [1.29, 1.82) is 5.26 Å². The molecule has 1 aromatic heterocycles. The molecule has 7 nitrogen and oxygen atoms in total. The zero-order chi connectivity index (χ0) is 23.6. The van der Waals surface area contributed by atoms with Crippen LogP contribution in [0.15, 0.2) is 48.0 Å². The molecule has 0 bridgehead atoms. The molecular formula is C23H18Cl2N4O3. The number of aromatic nitrogens is 1. The van der Waals surface area contributed by atoms with E-state index in [1.54, 1.807) is 25.1 Å². The van der Waals surface area contributed by atoms with Crippen LogP contribution < -0.4 is 5.32 Å². The predicted molar refractivity (Wildman–Crippen MR) is 125 cm³/mol. The molecule has 3 rings (SSSR count). The minimum Gasteiger partial charge on any atom is -0.321 e. The molecule has 1 heterocycles. The quantitative estimate of drug-likeness (QED) is 0.209. The molecule has 0 spiro atoms. The smallest absolute Gasteiger partial charge is 0.271 e. The lowest BCUT2D eigenvalue weighted by molar-refractivity contribution is -0.384. The van der Waals surface area contributed by atoms with Crippen LogP contribution in [-0.2, 0) is 4.79 Å². The summed E-state index contributed by atoms with van der Waals surface area (Å²) in [6.45, 7) is 5.45. The van der Waals surface area contributed by atoms with E-state index in [9.17, 15) is 20.2 Å². The second-order valence-corrected chi connectivity index (χ2v) is 8.04. The Bertz CT molecular complexity index is 1300. The van der Waals surface area contributed by atoms with Gasteiger partial charge in [0.15, 0.2) is 0 Å². The van der Waals surface area contributed by atoms with Gasteiger partial charge < -0.3 is 9.88 Å². The Morgan fingerprint density at radius 3 is 2.38 bits per heavy atom. The van der Waals surface area contributed by atoms with E-state index in [4.69, 9.17) is 23.2 Å². The van der Waals surface area contributed by atoms with E-state index in [2.05, 4.69) is 5.32 Å². The van der Waals surface area contributed by atoms with Gasteiger partial charge in [0.25, 0.3) is 11.6 Å². The first-order chi connectivity index (χ1) is 15.1. The van der Waals surface area contributed by atoms with Gasteiger partial charge in [0, 0.05) is 39.3 Å². The summed E-state index contributed by atoms with van der Waals surface area (Å²) in [4.78, 5) is 23.2. The Balaban J connectivity index is 1.97. The van der Waals surface area contributed by atoms with Crippen LogP contribution in [0.1, 0.15) is 22.5 Å². The number of non-ortho nitro benzene ring substituents is 1. The largest absolute Gasteiger partial charge is 0.321 e. The minimum absolute atomic E-state index is 0.139. The van der Waals surface area contributed by atoms with Crippen LogP contribution in [0.3, 0.4) is 0 Å². The SMILES string of the molecule is Cc1ccc([N+](=O)[O-])cc1NC(=O)/C(C#N)=C/c1cc(C)n(-c2cc(Cl)cc(Cl)c2)c1C. The van der Waals surface area contributed by atoms with Gasteiger partial charge in [-0.25, -0.2) is 0 Å². The molecule has 2 aromatic carbocycles. The van der Waals surface area contributed by atoms with E-state index in [0.29, 0.717) is 21.2 Å². The minimum atomic E-state index is -0.660. The maximum Gasteiger partial charge on any atom is 0.271 e. The van der Waals surface area contributed by atoms with Gasteiger partial charge in [-0.3, -0.25) is 14.9 Å². The van der Waals surface area contributed by atoms with Crippen LogP contribution in [0, 0.1) is 42.2 Å². The summed E-state index contributed by atoms with van der Waals surface area (Å²) in [5.74, 6) is -0.660. The van der Waals surface area contributed by atoms with Crippen LogP contribution >= 0.6 is 23.2 Å². The highest BCUT2D eigenvalue weighted by Crippen LogP contribution is 2.28. The van der Waals surface area contributed by atoms with E-state index in [0.717, 1.165) is 17.1 Å². The lowest BCUT2D eigenvalue weighted by Crippen LogP contribution is -2.14. The monoisotopic (exact) mass is 468 g/mol. The molecule has 0 saturated carbocycles. The van der Waals surface area contributed by atoms with E-state index in [1.165, 1.54) is 24.3 Å². The predicted octanol–water partition coefficient (Wildman–Crippen LogP) is 6.16. The van der Waals surface area contributed by atoms with Crippen LogP contribution in [0.4, 0.5) is 11.4 Å². The number of aryl methyl sites for hydroxylation is 2. The fraction of sp³-hybridized carbons (Fsp3) is 0.130. The molecule has 0 fully saturated rings. The Morgan fingerprint density at radius 1 is 1.12 bits per heavy atom. The van der Waals surface area contributed by atoms with Crippen molar-refractivity contribution in [1.82, 2.24) is 4.57 Å². The van der Waals surface area contributed by atoms with Crippen LogP contribution in [0.5, 0.6) is 0 Å². The molecule has 1 amide bonds. The van der Waals surface area contributed by atoms with Crippen molar-refractivity contribution in [2.45, 2.75) is 20.8 Å². The molecule has 0 aliphatic rings. The molecule has 0 aliphatic carbocycles. The zero-order valence-corrected chi connectivity index (χ0v) is 19.0. The number of hydrogen-bond acceptors (Lipinski definition) is 4. The molecule has 3 aromatic rings. The normalized spacial score (nSPS) is 11.2. The number of nitriles is 1. The number of nitrogens with zero attached hydrogens (tertiary/aromatic N) is 3. The van der Waals surface area contributed by atoms with E-state index < -0.39 is 10.8 Å². The number of benzene rings is 2. The third kappa shape index (κ3) is 4.83. The topological polar surface area (TPSA) is 101 Å². The molecular weight excluding hydrogens is 451 g/mol. The molecule has 0 saturated heterocycles. The zero-order valence-electron chi connectivity index (χ0n) is 17.4. The number of nitro groups is 1. The van der Waals surface area contributed by atoms with E-state index in [1.807, 2.05) is 30.6 Å². The summed E-state index contributed by atoms with van der Waals surface area (Å²) in [7, 11) is 0. The Morgan fingerprint density at radius 2 is 1.78 bits per heavy atom. The van der Waals surface area contributed by atoms with E-state index >= 15 is 0 Å². The standard InChI is InChI=1S/C23H18Cl2N4O3/c1-13-4-5-20(29(31)32)11-22(13)27-23(30)17(12-26)7-16-6-14(2)28(15(16)3)21-9-18(24)8-19(25)10-21/h4-11H,1-3H3,(H,27,30)/b17-7+. The number of carbonyl (C=O) groups is 1. The fourth-order valence-electron chi connectivity index (χ4n) is 3.35. The van der Waals surface area contributed by atoms with Crippen molar-refractivity contribution in [2.24, 2.45) is 0 Å². The van der Waals surface area contributed by atoms with Crippen LogP contribution in [-0.4, -0.2) is 15.4 Å². The summed E-state index contributed by atoms with van der Waals surface area (Å²) >= 11 is 12.3. The van der Waals surface area contributed by atoms with E-state index in [-0.39, 0.29) is 16.9 Å². The summed E-state index contributed by atoms with van der Waals surface area (Å²) in [6, 6.07) is 13.1. The van der Waals surface area contributed by atoms with Crippen LogP contribution in [0.25, 0.3) is 11.8 Å². The summed E-state index contributed by atoms with van der Waals surface area (Å²) in [6.07, 6.45) is 1.48. The molecule has 32 heavy (non-hydrogen) atoms. The number of carbonyl (C=O) groups excluding carboxylic acids is 1. The molecule has 1 N–H and O–H groups in total. The van der Waals surface area contributed by atoms with Gasteiger partial charge in [-0.15, -0.1) is 0 Å². The fourth-order valence-corrected chi connectivity index (χ4v) is 3.87. The Hall–Kier alpha value is -3.60. The molecule has 162 valence electrons. The van der Waals surface area contributed by atoms with Crippen molar-refractivity contribution in [2.75, 3.05) is 5.32 Å². The van der Waals surface area contributed by atoms with Gasteiger partial charge in [0.2, 0.25) is 0 Å². The first kappa shape index (κ1) is 23.1. The average molecular weight is 469 g/mol. The number of halogens is 2. The average Bonchev–Trinajstić information content (AvgIpc) is 2.99. The molecule has 0 aliphatic heterocycles. The highest BCUT2D eigenvalue weighted by atomic mass is 35.5. The Labute approximate surface area is 194 Å². The number of amides is 1. The number of anilines is 1. The van der Waals surface area contributed by atoms with Crippen LogP contribution in [0.2, 0.25) is 10.0 Å². The lowest BCUT2D eigenvalue weighted by Gasteiger charge is -2.11. The van der Waals surface area contributed by atoms with Crippen molar-refractivity contribution in [3.8, 4) is 11.8 Å². The highest BCUT2D eigenvalue weighted by molar-refractivity contribution is 6.34. The molecule has 0 atom stereocenters. The maximum absolute atomic E-state index is 12.7. The van der Waals surface area contributed by atoms with Crippen molar-refractivity contribution < 1.29 is 9.72 Å². The summed E-state index contributed by atoms with van der Waals surface area (Å²) < 4.78 is 1.92. The summed E-state index contributed by atoms with van der Waals surface area (Å²) in [5.41, 5.74) is 3.68. The Kier molecular flexibility index (Phi) is 6.68. The van der Waals surface area contributed by atoms with Gasteiger partial charge >= 0.3 is 0 Å². The second kappa shape index (κ2) is 9.27. The molecule has 0 radical (unpaired) electrons. The first-order valence-electron chi connectivity index (χ1n) is 9.44. The number of nitrogens with one attached hydrogen (secondary N) is 1. The first-order valence-corrected chi connectivity index (χ1v) is 10.2. The lowest BCUT2D eigenvalue weighted by atomic mass is 10.1. The third-order valence-electron chi connectivity index (χ3n) is 4.92. The highest BCUT2D eigenvalue weighted by Gasteiger charge is 2.16. The van der Waals surface area contributed by atoms with Crippen molar-refractivity contribution in [3.05, 3.63) is 90.7 Å². The number of nitro benzene ring substituents is 1. The van der Waals surface area contributed by atoms with Crippen molar-refractivity contribution >= 4 is 46.6 Å². The second-order valence-electron chi connectivity index (χ2n) is 7.17.